The molecule has 0 atom stereocenters. The molecule has 9 nitrogen and oxygen atoms in total. The number of nitro groups is 1. The Morgan fingerprint density at radius 2 is 1.93 bits per heavy atom. The van der Waals surface area contributed by atoms with Crippen LogP contribution in [0, 0.1) is 24.0 Å². The molecule has 2 aromatic rings. The van der Waals surface area contributed by atoms with Crippen LogP contribution >= 0.6 is 0 Å². The third kappa shape index (κ3) is 5.36. The Hall–Kier alpha value is -3.27. The zero-order valence-electron chi connectivity index (χ0n) is 15.6. The molecule has 0 fully saturated rings. The van der Waals surface area contributed by atoms with E-state index >= 15 is 0 Å². The standard InChI is InChI=1S/C18H20N4O5S/c1-13-8-9-14(2)17(10-13)21(28(3,26)27)12-18(23)20-19-11-15-6-4-5-7-16(15)22(24)25/h4-11H,12H2,1-3H3,(H,20,23)/b19-11+. The lowest BCUT2D eigenvalue weighted by atomic mass is 10.1. The molecule has 0 unspecified atom stereocenters. The van der Waals surface area contributed by atoms with Crippen molar-refractivity contribution < 1.29 is 18.1 Å². The maximum atomic E-state index is 12.2. The molecule has 0 aliphatic rings. The zero-order valence-corrected chi connectivity index (χ0v) is 16.4. The van der Waals surface area contributed by atoms with Crippen LogP contribution < -0.4 is 9.73 Å². The molecule has 0 saturated carbocycles. The van der Waals surface area contributed by atoms with Crippen LogP contribution in [0.25, 0.3) is 0 Å². The van der Waals surface area contributed by atoms with Crippen molar-refractivity contribution in [2.45, 2.75) is 13.8 Å². The van der Waals surface area contributed by atoms with Crippen LogP contribution in [-0.4, -0.2) is 38.3 Å². The Kier molecular flexibility index (Phi) is 6.47. The van der Waals surface area contributed by atoms with Gasteiger partial charge in [-0.3, -0.25) is 19.2 Å². The number of nitrogens with one attached hydrogen (secondary N) is 1. The minimum Gasteiger partial charge on any atom is -0.271 e. The molecular formula is C18H20N4O5S. The zero-order chi connectivity index (χ0) is 20.9. The molecule has 0 aliphatic carbocycles. The Balaban J connectivity index is 2.17. The van der Waals surface area contributed by atoms with Gasteiger partial charge >= 0.3 is 0 Å². The maximum absolute atomic E-state index is 12.2. The number of rotatable bonds is 7. The van der Waals surface area contributed by atoms with Crippen LogP contribution in [0.5, 0.6) is 0 Å². The number of carbonyl (C=O) groups excluding carboxylic acids is 1. The number of carbonyl (C=O) groups is 1. The molecule has 0 heterocycles. The van der Waals surface area contributed by atoms with Crippen LogP contribution in [0.15, 0.2) is 47.6 Å². The highest BCUT2D eigenvalue weighted by molar-refractivity contribution is 7.92. The van der Waals surface area contributed by atoms with Gasteiger partial charge in [-0.05, 0) is 37.1 Å². The van der Waals surface area contributed by atoms with Crippen molar-refractivity contribution in [1.29, 1.82) is 0 Å². The first-order valence-electron chi connectivity index (χ1n) is 8.20. The summed E-state index contributed by atoms with van der Waals surface area (Å²) in [7, 11) is -3.72. The van der Waals surface area contributed by atoms with E-state index in [1.807, 2.05) is 13.0 Å². The van der Waals surface area contributed by atoms with Crippen molar-refractivity contribution in [1.82, 2.24) is 5.43 Å². The topological polar surface area (TPSA) is 122 Å². The van der Waals surface area contributed by atoms with Gasteiger partial charge in [0.2, 0.25) is 10.0 Å². The molecule has 10 heteroatoms. The second kappa shape index (κ2) is 8.61. The van der Waals surface area contributed by atoms with E-state index in [1.54, 1.807) is 25.1 Å². The lowest BCUT2D eigenvalue weighted by Gasteiger charge is -2.23. The summed E-state index contributed by atoms with van der Waals surface area (Å²) in [6, 6.07) is 11.2. The monoisotopic (exact) mass is 404 g/mol. The summed E-state index contributed by atoms with van der Waals surface area (Å²) in [5.74, 6) is -0.679. The molecule has 0 radical (unpaired) electrons. The summed E-state index contributed by atoms with van der Waals surface area (Å²) in [4.78, 5) is 22.6. The first-order chi connectivity index (χ1) is 13.1. The molecule has 0 spiro atoms. The minimum absolute atomic E-state index is 0.159. The number of anilines is 1. The highest BCUT2D eigenvalue weighted by Crippen LogP contribution is 2.23. The van der Waals surface area contributed by atoms with Crippen molar-refractivity contribution in [2.75, 3.05) is 17.1 Å². The van der Waals surface area contributed by atoms with E-state index in [-0.39, 0.29) is 11.3 Å². The molecule has 0 aliphatic heterocycles. The molecule has 2 rings (SSSR count). The Labute approximate surface area is 162 Å². The molecule has 148 valence electrons. The van der Waals surface area contributed by atoms with Gasteiger partial charge in [0.1, 0.15) is 6.54 Å². The van der Waals surface area contributed by atoms with Crippen LogP contribution in [0.1, 0.15) is 16.7 Å². The van der Waals surface area contributed by atoms with Gasteiger partial charge in [0, 0.05) is 6.07 Å². The van der Waals surface area contributed by atoms with Crippen LogP contribution in [-0.2, 0) is 14.8 Å². The van der Waals surface area contributed by atoms with Crippen molar-refractivity contribution in [3.63, 3.8) is 0 Å². The van der Waals surface area contributed by atoms with Gasteiger partial charge in [-0.1, -0.05) is 24.3 Å². The summed E-state index contributed by atoms with van der Waals surface area (Å²) >= 11 is 0. The fraction of sp³-hybridized carbons (Fsp3) is 0.222. The number of nitrogens with zero attached hydrogens (tertiary/aromatic N) is 3. The van der Waals surface area contributed by atoms with Crippen molar-refractivity contribution >= 4 is 33.5 Å². The van der Waals surface area contributed by atoms with Crippen LogP contribution in [0.2, 0.25) is 0 Å². The molecule has 0 aromatic heterocycles. The van der Waals surface area contributed by atoms with E-state index < -0.39 is 27.4 Å². The second-order valence-corrected chi connectivity index (χ2v) is 8.08. The summed E-state index contributed by atoms with van der Waals surface area (Å²) in [5, 5.41) is 14.7. The summed E-state index contributed by atoms with van der Waals surface area (Å²) in [6.07, 6.45) is 2.15. The first kappa shape index (κ1) is 21.0. The molecule has 1 amide bonds. The fourth-order valence-electron chi connectivity index (χ4n) is 2.47. The molecule has 0 saturated heterocycles. The molecule has 28 heavy (non-hydrogen) atoms. The molecule has 1 N–H and O–H groups in total. The number of amides is 1. The van der Waals surface area contributed by atoms with Gasteiger partial charge in [-0.15, -0.1) is 0 Å². The quantitative estimate of drug-likeness (QED) is 0.430. The van der Waals surface area contributed by atoms with Gasteiger partial charge in [0.05, 0.1) is 28.6 Å². The maximum Gasteiger partial charge on any atom is 0.278 e. The second-order valence-electron chi connectivity index (χ2n) is 6.17. The van der Waals surface area contributed by atoms with Gasteiger partial charge in [0.25, 0.3) is 11.6 Å². The first-order valence-corrected chi connectivity index (χ1v) is 10.0. The smallest absolute Gasteiger partial charge is 0.271 e. The lowest BCUT2D eigenvalue weighted by Crippen LogP contribution is -2.39. The number of nitro benzene ring substituents is 1. The number of aryl methyl sites for hydroxylation is 2. The predicted octanol–water partition coefficient (Wildman–Crippen LogP) is 2.13. The van der Waals surface area contributed by atoms with E-state index in [9.17, 15) is 23.3 Å². The normalized spacial score (nSPS) is 11.4. The van der Waals surface area contributed by atoms with E-state index in [1.165, 1.54) is 18.2 Å². The van der Waals surface area contributed by atoms with Crippen molar-refractivity contribution in [2.24, 2.45) is 5.10 Å². The van der Waals surface area contributed by atoms with Crippen LogP contribution in [0.4, 0.5) is 11.4 Å². The van der Waals surface area contributed by atoms with Crippen LogP contribution in [0.3, 0.4) is 0 Å². The van der Waals surface area contributed by atoms with E-state index in [0.717, 1.165) is 22.3 Å². The average molecular weight is 404 g/mol. The highest BCUT2D eigenvalue weighted by Gasteiger charge is 2.22. The van der Waals surface area contributed by atoms with Gasteiger partial charge in [-0.2, -0.15) is 5.10 Å². The van der Waals surface area contributed by atoms with Crippen molar-refractivity contribution in [3.05, 3.63) is 69.3 Å². The van der Waals surface area contributed by atoms with Crippen molar-refractivity contribution in [3.8, 4) is 0 Å². The largest absolute Gasteiger partial charge is 0.278 e. The highest BCUT2D eigenvalue weighted by atomic mass is 32.2. The van der Waals surface area contributed by atoms with Gasteiger partial charge in [0.15, 0.2) is 0 Å². The number of sulfonamides is 1. The SMILES string of the molecule is Cc1ccc(C)c(N(CC(=O)N/N=C/c2ccccc2[N+](=O)[O-])S(C)(=O)=O)c1. The summed E-state index contributed by atoms with van der Waals surface area (Å²) in [6.45, 7) is 3.09. The van der Waals surface area contributed by atoms with E-state index in [2.05, 4.69) is 10.5 Å². The minimum atomic E-state index is -3.72. The number of hydrogen-bond donors (Lipinski definition) is 1. The summed E-state index contributed by atoms with van der Waals surface area (Å²) < 4.78 is 25.3. The Morgan fingerprint density at radius 1 is 1.25 bits per heavy atom. The van der Waals surface area contributed by atoms with Gasteiger partial charge < -0.3 is 0 Å². The predicted molar refractivity (Wildman–Crippen MR) is 107 cm³/mol. The molecule has 0 bridgehead atoms. The molecular weight excluding hydrogens is 384 g/mol. The number of hydrazone groups is 1. The number of para-hydroxylation sites is 1. The third-order valence-electron chi connectivity index (χ3n) is 3.85. The average Bonchev–Trinajstić information content (AvgIpc) is 2.61. The number of benzene rings is 2. The summed E-state index contributed by atoms with van der Waals surface area (Å²) in [5.41, 5.74) is 4.21. The van der Waals surface area contributed by atoms with E-state index in [0.29, 0.717) is 11.3 Å². The number of hydrogen-bond acceptors (Lipinski definition) is 6. The lowest BCUT2D eigenvalue weighted by molar-refractivity contribution is -0.385. The Bertz CT molecular complexity index is 1030. The van der Waals surface area contributed by atoms with E-state index in [4.69, 9.17) is 0 Å². The fourth-order valence-corrected chi connectivity index (χ4v) is 3.38. The Morgan fingerprint density at radius 3 is 2.57 bits per heavy atom. The van der Waals surface area contributed by atoms with Gasteiger partial charge in [-0.25, -0.2) is 13.8 Å². The molecule has 2 aromatic carbocycles. The third-order valence-corrected chi connectivity index (χ3v) is 4.97.